The number of rotatable bonds is 6. The molecule has 1 aromatic carbocycles. The Bertz CT molecular complexity index is 938. The molecular formula is C20H20FN3O3S2. The van der Waals surface area contributed by atoms with E-state index in [1.165, 1.54) is 35.2 Å². The van der Waals surface area contributed by atoms with Crippen LogP contribution in [0.15, 0.2) is 29.2 Å². The summed E-state index contributed by atoms with van der Waals surface area (Å²) in [4.78, 5) is 27.7. The lowest BCUT2D eigenvalue weighted by atomic mass is 10.0. The van der Waals surface area contributed by atoms with Crippen molar-refractivity contribution in [3.05, 3.63) is 46.1 Å². The molecule has 0 bridgehead atoms. The Morgan fingerprint density at radius 2 is 2.14 bits per heavy atom. The fourth-order valence-corrected chi connectivity index (χ4v) is 5.04. The number of hydrogen-bond donors (Lipinski definition) is 1. The van der Waals surface area contributed by atoms with Gasteiger partial charge in [0.1, 0.15) is 16.9 Å². The Hall–Kier alpha value is -2.57. The van der Waals surface area contributed by atoms with Gasteiger partial charge in [-0.15, -0.1) is 23.1 Å². The number of carbonyl (C=O) groups excluding carboxylic acids is 2. The monoisotopic (exact) mass is 433 g/mol. The number of fused-ring (bicyclic) bond motifs is 1. The molecule has 2 amide bonds. The van der Waals surface area contributed by atoms with Crippen LogP contribution in [0.5, 0.6) is 0 Å². The first-order chi connectivity index (χ1) is 14.0. The maximum absolute atomic E-state index is 12.9. The Labute approximate surface area is 176 Å². The molecule has 152 valence electrons. The van der Waals surface area contributed by atoms with Crippen LogP contribution in [0, 0.1) is 17.1 Å². The lowest BCUT2D eigenvalue weighted by Crippen LogP contribution is -2.35. The van der Waals surface area contributed by atoms with Gasteiger partial charge in [-0.2, -0.15) is 5.26 Å². The van der Waals surface area contributed by atoms with E-state index < -0.39 is 0 Å². The van der Waals surface area contributed by atoms with E-state index in [1.54, 1.807) is 24.0 Å². The predicted octanol–water partition coefficient (Wildman–Crippen LogP) is 4.39. The third-order valence-corrected chi connectivity index (χ3v) is 6.51. The van der Waals surface area contributed by atoms with E-state index in [-0.39, 0.29) is 24.2 Å². The van der Waals surface area contributed by atoms with Gasteiger partial charge in [0, 0.05) is 28.5 Å². The third kappa shape index (κ3) is 5.28. The molecule has 9 heteroatoms. The van der Waals surface area contributed by atoms with Gasteiger partial charge in [0.25, 0.3) is 0 Å². The highest BCUT2D eigenvalue weighted by atomic mass is 32.2. The van der Waals surface area contributed by atoms with Crippen LogP contribution in [0.3, 0.4) is 0 Å². The summed E-state index contributed by atoms with van der Waals surface area (Å²) in [6, 6.07) is 8.31. The van der Waals surface area contributed by atoms with Gasteiger partial charge in [0.15, 0.2) is 0 Å². The number of benzene rings is 1. The second-order valence-corrected chi connectivity index (χ2v) is 8.56. The number of thiophene rings is 1. The van der Waals surface area contributed by atoms with E-state index >= 15 is 0 Å². The van der Waals surface area contributed by atoms with Crippen LogP contribution in [0.25, 0.3) is 0 Å². The lowest BCUT2D eigenvalue weighted by Gasteiger charge is -2.25. The molecule has 3 rings (SSSR count). The van der Waals surface area contributed by atoms with Gasteiger partial charge in [-0.05, 0) is 43.2 Å². The summed E-state index contributed by atoms with van der Waals surface area (Å²) in [6.45, 7) is 2.93. The van der Waals surface area contributed by atoms with Crippen molar-refractivity contribution in [2.45, 2.75) is 31.2 Å². The van der Waals surface area contributed by atoms with Crippen molar-refractivity contribution in [2.75, 3.05) is 24.2 Å². The number of nitriles is 1. The quantitative estimate of drug-likeness (QED) is 0.683. The SMILES string of the molecule is CCOC(=O)N1CCc2c(sc(NC(=O)CCSc3ccc(F)cc3)c2C#N)C1. The highest BCUT2D eigenvalue weighted by molar-refractivity contribution is 7.99. The van der Waals surface area contributed by atoms with Gasteiger partial charge in [-0.1, -0.05) is 0 Å². The van der Waals surface area contributed by atoms with Crippen LogP contribution in [0.4, 0.5) is 14.2 Å². The van der Waals surface area contributed by atoms with Crippen LogP contribution in [-0.2, 0) is 22.5 Å². The molecule has 0 atom stereocenters. The normalized spacial score (nSPS) is 12.8. The summed E-state index contributed by atoms with van der Waals surface area (Å²) in [5.41, 5.74) is 1.38. The minimum atomic E-state index is -0.367. The number of nitrogens with zero attached hydrogens (tertiary/aromatic N) is 2. The van der Waals surface area contributed by atoms with Crippen molar-refractivity contribution < 1.29 is 18.7 Å². The number of ether oxygens (including phenoxy) is 1. The van der Waals surface area contributed by atoms with E-state index in [9.17, 15) is 19.2 Å². The van der Waals surface area contributed by atoms with Gasteiger partial charge in [-0.3, -0.25) is 4.79 Å². The van der Waals surface area contributed by atoms with Crippen molar-refractivity contribution in [3.63, 3.8) is 0 Å². The van der Waals surface area contributed by atoms with Gasteiger partial charge in [0.05, 0.1) is 18.7 Å². The minimum Gasteiger partial charge on any atom is -0.450 e. The first kappa shape index (κ1) is 21.1. The van der Waals surface area contributed by atoms with Crippen molar-refractivity contribution >= 4 is 40.1 Å². The zero-order valence-electron chi connectivity index (χ0n) is 15.9. The number of anilines is 1. The largest absolute Gasteiger partial charge is 0.450 e. The standard InChI is InChI=1S/C20H20FN3O3S2/c1-2-27-20(26)24-9-7-15-16(11-22)19(29-17(15)12-24)23-18(25)8-10-28-14-5-3-13(21)4-6-14/h3-6H,2,7-10,12H2,1H3,(H,23,25). The zero-order chi connectivity index (χ0) is 20.8. The predicted molar refractivity (Wildman–Crippen MR) is 111 cm³/mol. The maximum atomic E-state index is 12.9. The van der Waals surface area contributed by atoms with Crippen molar-refractivity contribution in [1.29, 1.82) is 5.26 Å². The molecule has 1 N–H and O–H groups in total. The second kappa shape index (κ2) is 9.76. The van der Waals surface area contributed by atoms with Crippen LogP contribution < -0.4 is 5.32 Å². The summed E-state index contributed by atoms with van der Waals surface area (Å²) in [5, 5.41) is 12.9. The highest BCUT2D eigenvalue weighted by Gasteiger charge is 2.28. The molecule has 29 heavy (non-hydrogen) atoms. The molecular weight excluding hydrogens is 413 g/mol. The molecule has 2 aromatic rings. The molecule has 2 heterocycles. The summed E-state index contributed by atoms with van der Waals surface area (Å²) >= 11 is 2.80. The molecule has 0 saturated carbocycles. The molecule has 1 aromatic heterocycles. The van der Waals surface area contributed by atoms with Gasteiger partial charge in [-0.25, -0.2) is 9.18 Å². The number of hydrogen-bond acceptors (Lipinski definition) is 6. The van der Waals surface area contributed by atoms with E-state index in [4.69, 9.17) is 4.74 Å². The Morgan fingerprint density at radius 3 is 2.83 bits per heavy atom. The number of halogens is 1. The third-order valence-electron chi connectivity index (χ3n) is 4.36. The fraction of sp³-hybridized carbons (Fsp3) is 0.350. The van der Waals surface area contributed by atoms with Gasteiger partial charge < -0.3 is 15.0 Å². The summed E-state index contributed by atoms with van der Waals surface area (Å²) < 4.78 is 18.0. The lowest BCUT2D eigenvalue weighted by molar-refractivity contribution is -0.115. The van der Waals surface area contributed by atoms with E-state index in [0.717, 1.165) is 15.3 Å². The number of carbonyl (C=O) groups is 2. The van der Waals surface area contributed by atoms with E-state index in [0.29, 0.717) is 42.4 Å². The van der Waals surface area contributed by atoms with Crippen molar-refractivity contribution in [3.8, 4) is 6.07 Å². The topological polar surface area (TPSA) is 82.4 Å². The highest BCUT2D eigenvalue weighted by Crippen LogP contribution is 2.37. The average molecular weight is 434 g/mol. The summed E-state index contributed by atoms with van der Waals surface area (Å²) in [6.07, 6.45) is 0.460. The van der Waals surface area contributed by atoms with Gasteiger partial charge >= 0.3 is 6.09 Å². The Kier molecular flexibility index (Phi) is 7.12. The van der Waals surface area contributed by atoms with E-state index in [1.807, 2.05) is 0 Å². The van der Waals surface area contributed by atoms with E-state index in [2.05, 4.69) is 11.4 Å². The summed E-state index contributed by atoms with van der Waals surface area (Å²) in [7, 11) is 0. The first-order valence-electron chi connectivity index (χ1n) is 9.16. The number of amides is 2. The Balaban J connectivity index is 1.59. The van der Waals surface area contributed by atoms with Crippen LogP contribution in [-0.4, -0.2) is 35.8 Å². The molecule has 0 aliphatic carbocycles. The first-order valence-corrected chi connectivity index (χ1v) is 11.0. The van der Waals surface area contributed by atoms with Crippen LogP contribution in [0.1, 0.15) is 29.3 Å². The molecule has 6 nitrogen and oxygen atoms in total. The van der Waals surface area contributed by atoms with Crippen molar-refractivity contribution in [1.82, 2.24) is 4.90 Å². The molecule has 0 radical (unpaired) electrons. The molecule has 0 fully saturated rings. The Morgan fingerprint density at radius 1 is 1.38 bits per heavy atom. The molecule has 0 unspecified atom stereocenters. The molecule has 0 saturated heterocycles. The number of thioether (sulfide) groups is 1. The maximum Gasteiger partial charge on any atom is 0.410 e. The van der Waals surface area contributed by atoms with Crippen molar-refractivity contribution in [2.24, 2.45) is 0 Å². The average Bonchev–Trinajstić information content (AvgIpc) is 3.05. The molecule has 0 spiro atoms. The van der Waals surface area contributed by atoms with Crippen LogP contribution in [0.2, 0.25) is 0 Å². The molecule has 1 aliphatic heterocycles. The second-order valence-electron chi connectivity index (χ2n) is 6.29. The molecule has 1 aliphatic rings. The fourth-order valence-electron chi connectivity index (χ4n) is 2.96. The number of nitrogens with one attached hydrogen (secondary N) is 1. The minimum absolute atomic E-state index is 0.183. The van der Waals surface area contributed by atoms with Crippen LogP contribution >= 0.6 is 23.1 Å². The summed E-state index contributed by atoms with van der Waals surface area (Å²) in [5.74, 6) is 0.0671. The van der Waals surface area contributed by atoms with Gasteiger partial charge in [0.2, 0.25) is 5.91 Å². The zero-order valence-corrected chi connectivity index (χ0v) is 17.5. The smallest absolute Gasteiger partial charge is 0.410 e.